The molecule has 0 saturated heterocycles. The summed E-state index contributed by atoms with van der Waals surface area (Å²) in [4.78, 5) is 8.25. The highest BCUT2D eigenvalue weighted by Gasteiger charge is 2.35. The summed E-state index contributed by atoms with van der Waals surface area (Å²) in [6, 6.07) is 0. The molecule has 4 N–H and O–H groups in total. The lowest BCUT2D eigenvalue weighted by Gasteiger charge is -2.29. The van der Waals surface area contributed by atoms with Crippen LogP contribution in [0, 0.1) is 11.3 Å². The number of nitrogens with two attached hydrogens (primary N) is 1. The number of hydrogen-bond donors (Lipinski definition) is 3. The summed E-state index contributed by atoms with van der Waals surface area (Å²) in [6.07, 6.45) is 2.16. The molecule has 0 spiro atoms. The van der Waals surface area contributed by atoms with Crippen molar-refractivity contribution >= 4 is 17.8 Å². The molecule has 2 aliphatic heterocycles. The number of nitrogens with zero attached hydrogens (tertiary/aromatic N) is 2. The molecule has 2 heterocycles. The third kappa shape index (κ3) is 3.59. The van der Waals surface area contributed by atoms with Gasteiger partial charge >= 0.3 is 0 Å². The van der Waals surface area contributed by atoms with Crippen LogP contribution in [-0.2, 0) is 4.74 Å². The highest BCUT2D eigenvalue weighted by atomic mass is 19.1. The van der Waals surface area contributed by atoms with Crippen molar-refractivity contribution in [2.45, 2.75) is 26.1 Å². The van der Waals surface area contributed by atoms with Gasteiger partial charge in [-0.1, -0.05) is 6.92 Å². The molecule has 2 aliphatic rings. The summed E-state index contributed by atoms with van der Waals surface area (Å²) in [5.41, 5.74) is 7.60. The lowest BCUT2D eigenvalue weighted by Crippen LogP contribution is -2.34. The van der Waals surface area contributed by atoms with E-state index < -0.39 is 29.9 Å². The molecule has 0 aromatic carbocycles. The first-order valence-corrected chi connectivity index (χ1v) is 7.49. The second-order valence-electron chi connectivity index (χ2n) is 5.64. The normalized spacial score (nSPS) is 28.0. The summed E-state index contributed by atoms with van der Waals surface area (Å²) >= 11 is 0. The van der Waals surface area contributed by atoms with Crippen molar-refractivity contribution in [2.75, 3.05) is 13.7 Å². The number of hydrogen-bond acceptors (Lipinski definition) is 5. The molecular weight excluding hydrogens is 316 g/mol. The average Bonchev–Trinajstić information content (AvgIpc) is 2.69. The second-order valence-corrected chi connectivity index (χ2v) is 5.64. The minimum absolute atomic E-state index is 0.426. The lowest BCUT2D eigenvalue weighted by atomic mass is 9.86. The Bertz CT molecular complexity index is 678. The molecule has 0 amide bonds. The number of alkyl halides is 1. The van der Waals surface area contributed by atoms with E-state index in [1.165, 1.54) is 13.3 Å². The van der Waals surface area contributed by atoms with Gasteiger partial charge in [-0.25, -0.2) is 8.78 Å². The number of halogens is 2. The number of nitrogens with one attached hydrogen (secondary N) is 2. The highest BCUT2D eigenvalue weighted by molar-refractivity contribution is 6.03. The molecule has 0 fully saturated rings. The van der Waals surface area contributed by atoms with Crippen LogP contribution in [0.3, 0.4) is 0 Å². The van der Waals surface area contributed by atoms with Crippen LogP contribution < -0.4 is 11.1 Å². The summed E-state index contributed by atoms with van der Waals surface area (Å²) < 4.78 is 33.1. The van der Waals surface area contributed by atoms with Gasteiger partial charge in [0.25, 0.3) is 0 Å². The van der Waals surface area contributed by atoms with Crippen LogP contribution in [0.4, 0.5) is 8.78 Å². The first-order valence-electron chi connectivity index (χ1n) is 7.49. The highest BCUT2D eigenvalue weighted by Crippen LogP contribution is 2.33. The van der Waals surface area contributed by atoms with Gasteiger partial charge in [-0.3, -0.25) is 15.4 Å². The van der Waals surface area contributed by atoms with Crippen molar-refractivity contribution in [3.05, 3.63) is 35.1 Å². The predicted octanol–water partition coefficient (Wildman–Crippen LogP) is 2.01. The van der Waals surface area contributed by atoms with Crippen LogP contribution in [0.5, 0.6) is 0 Å². The number of amidine groups is 1. The van der Waals surface area contributed by atoms with Gasteiger partial charge in [-0.2, -0.15) is 0 Å². The van der Waals surface area contributed by atoms with Gasteiger partial charge in [-0.05, 0) is 6.92 Å². The number of rotatable bonds is 4. The van der Waals surface area contributed by atoms with Gasteiger partial charge in [0.2, 0.25) is 0 Å². The van der Waals surface area contributed by atoms with E-state index in [4.69, 9.17) is 15.9 Å². The van der Waals surface area contributed by atoms with E-state index in [1.54, 1.807) is 20.0 Å². The van der Waals surface area contributed by atoms with Crippen LogP contribution in [0.1, 0.15) is 13.8 Å². The Morgan fingerprint density at radius 1 is 1.58 bits per heavy atom. The molecule has 0 aromatic rings. The largest absolute Gasteiger partial charge is 0.385 e. The maximum absolute atomic E-state index is 14.2. The fourth-order valence-electron chi connectivity index (χ4n) is 2.66. The third-order valence-corrected chi connectivity index (χ3v) is 4.03. The topological polar surface area (TPSA) is 95.8 Å². The number of dihydropyridines is 1. The van der Waals surface area contributed by atoms with Gasteiger partial charge in [0.05, 0.1) is 24.5 Å². The Kier molecular flexibility index (Phi) is 5.61. The minimum atomic E-state index is -1.23. The van der Waals surface area contributed by atoms with Gasteiger partial charge in [0.1, 0.15) is 6.17 Å². The fourth-order valence-corrected chi connectivity index (χ4v) is 2.66. The van der Waals surface area contributed by atoms with E-state index in [0.717, 1.165) is 11.8 Å². The Labute approximate surface area is 139 Å². The van der Waals surface area contributed by atoms with Crippen molar-refractivity contribution in [3.8, 4) is 0 Å². The fraction of sp³-hybridized carbons (Fsp3) is 0.438. The average molecular weight is 337 g/mol. The Hall–Kier alpha value is -2.35. The van der Waals surface area contributed by atoms with Gasteiger partial charge in [0.15, 0.2) is 11.7 Å². The van der Waals surface area contributed by atoms with Crippen molar-refractivity contribution in [1.82, 2.24) is 5.32 Å². The van der Waals surface area contributed by atoms with E-state index in [9.17, 15) is 8.78 Å². The summed E-state index contributed by atoms with van der Waals surface area (Å²) in [5.74, 6) is -2.04. The molecule has 3 atom stereocenters. The quantitative estimate of drug-likeness (QED) is 0.541. The van der Waals surface area contributed by atoms with Gasteiger partial charge < -0.3 is 15.8 Å². The zero-order chi connectivity index (χ0) is 17.9. The molecule has 0 aromatic heterocycles. The molecule has 6 nitrogen and oxygen atoms in total. The zero-order valence-electron chi connectivity index (χ0n) is 13.8. The Balaban J connectivity index is 2.44. The van der Waals surface area contributed by atoms with Crippen molar-refractivity contribution in [2.24, 2.45) is 21.6 Å². The molecule has 0 saturated carbocycles. The second kappa shape index (κ2) is 7.48. The van der Waals surface area contributed by atoms with E-state index in [1.807, 2.05) is 0 Å². The summed E-state index contributed by atoms with van der Waals surface area (Å²) in [7, 11) is 1.52. The number of aliphatic imine (C=N–C) groups is 2. The standard InChI is InChI=1S/C16H21F2N5O/c1-8-11(17)5-23-13-7-21-4-10(14(13)15(8)24-3)9(2)22-6-12(18)16(19)20/h4-6,8,11,15,21H,7H2,1-3H3,(H3,19,20)/b12-6+,22-9+/t8?,11?,15-/m1/s1. The molecule has 0 bridgehead atoms. The zero-order valence-corrected chi connectivity index (χ0v) is 13.8. The maximum atomic E-state index is 14.2. The molecule has 2 unspecified atom stereocenters. The molecular formula is C16H21F2N5O. The Morgan fingerprint density at radius 2 is 2.29 bits per heavy atom. The van der Waals surface area contributed by atoms with Crippen molar-refractivity contribution in [3.63, 3.8) is 0 Å². The SMILES string of the molecule is CO[C@H]1C2=C(CNC=C2/C(C)=N/C=C(/F)C(=N)N)N=CC(F)C1C. The molecule has 130 valence electrons. The van der Waals surface area contributed by atoms with Crippen LogP contribution in [-0.4, -0.2) is 43.7 Å². The van der Waals surface area contributed by atoms with Crippen LogP contribution in [0.25, 0.3) is 0 Å². The Morgan fingerprint density at radius 3 is 2.92 bits per heavy atom. The van der Waals surface area contributed by atoms with Crippen LogP contribution >= 0.6 is 0 Å². The molecule has 24 heavy (non-hydrogen) atoms. The van der Waals surface area contributed by atoms with Crippen LogP contribution in [0.2, 0.25) is 0 Å². The monoisotopic (exact) mass is 337 g/mol. The number of methoxy groups -OCH3 is 1. The van der Waals surface area contributed by atoms with E-state index in [2.05, 4.69) is 15.3 Å². The lowest BCUT2D eigenvalue weighted by molar-refractivity contribution is 0.0678. The summed E-state index contributed by atoms with van der Waals surface area (Å²) in [5, 5.41) is 10.1. The molecule has 0 radical (unpaired) electrons. The smallest absolute Gasteiger partial charge is 0.182 e. The molecule has 2 rings (SSSR count). The minimum Gasteiger partial charge on any atom is -0.385 e. The third-order valence-electron chi connectivity index (χ3n) is 4.03. The maximum Gasteiger partial charge on any atom is 0.182 e. The molecule has 0 aliphatic carbocycles. The van der Waals surface area contributed by atoms with E-state index in [-0.39, 0.29) is 0 Å². The van der Waals surface area contributed by atoms with Gasteiger partial charge in [-0.15, -0.1) is 0 Å². The summed E-state index contributed by atoms with van der Waals surface area (Å²) in [6.45, 7) is 3.88. The first kappa shape index (κ1) is 18.0. The van der Waals surface area contributed by atoms with E-state index >= 15 is 0 Å². The van der Waals surface area contributed by atoms with Crippen molar-refractivity contribution < 1.29 is 13.5 Å². The van der Waals surface area contributed by atoms with Crippen molar-refractivity contribution in [1.29, 1.82) is 5.41 Å². The van der Waals surface area contributed by atoms with Crippen LogP contribution in [0.15, 0.2) is 45.1 Å². The number of ether oxygens (including phenoxy) is 1. The van der Waals surface area contributed by atoms with E-state index in [0.29, 0.717) is 23.5 Å². The molecule has 8 heteroatoms. The predicted molar refractivity (Wildman–Crippen MR) is 90.7 cm³/mol. The van der Waals surface area contributed by atoms with Gasteiger partial charge in [0, 0.05) is 42.3 Å². The first-order chi connectivity index (χ1) is 11.4.